The monoisotopic (exact) mass is 1410 g/mol. The zero-order valence-electron chi connectivity index (χ0n) is 64.0. The molecule has 0 aromatic rings. The molecule has 10 heteroatoms. The van der Waals surface area contributed by atoms with Gasteiger partial charge in [-0.3, -0.25) is 18.6 Å². The Bertz CT molecular complexity index is 2470. The van der Waals surface area contributed by atoms with Crippen LogP contribution in [0.15, 0.2) is 219 Å². The number of ether oxygens (including phenoxy) is 2. The highest BCUT2D eigenvalue weighted by Gasteiger charge is 2.26. The second-order valence-corrected chi connectivity index (χ2v) is 27.3. The lowest BCUT2D eigenvalue weighted by Crippen LogP contribution is -2.29. The summed E-state index contributed by atoms with van der Waals surface area (Å²) in [6.45, 7) is 3.49. The summed E-state index contributed by atoms with van der Waals surface area (Å²) in [5, 5.41) is 0. The molecular weight excluding hydrogens is 1270 g/mol. The fourth-order valence-corrected chi connectivity index (χ4v) is 11.3. The number of phosphoric acid groups is 1. The smallest absolute Gasteiger partial charge is 0.462 e. The molecule has 9 nitrogen and oxygen atoms in total. The van der Waals surface area contributed by atoms with E-state index in [4.69, 9.17) is 24.3 Å². The van der Waals surface area contributed by atoms with E-state index in [2.05, 4.69) is 233 Å². The highest BCUT2D eigenvalue weighted by molar-refractivity contribution is 7.47. The number of nitrogens with two attached hydrogens (primary N) is 1. The fourth-order valence-electron chi connectivity index (χ4n) is 10.5. The van der Waals surface area contributed by atoms with Crippen LogP contribution in [0.1, 0.15) is 309 Å². The van der Waals surface area contributed by atoms with Crippen LogP contribution in [0.3, 0.4) is 0 Å². The summed E-state index contributed by atoms with van der Waals surface area (Å²) < 4.78 is 33.2. The van der Waals surface area contributed by atoms with Crippen molar-refractivity contribution in [3.05, 3.63) is 219 Å². The average molecular weight is 1410 g/mol. The Kier molecular flexibility index (Phi) is 78.6. The van der Waals surface area contributed by atoms with Crippen molar-refractivity contribution in [2.24, 2.45) is 5.73 Å². The van der Waals surface area contributed by atoms with Gasteiger partial charge >= 0.3 is 19.8 Å². The molecule has 3 N–H and O–H groups in total. The number of phosphoric ester groups is 1. The second-order valence-electron chi connectivity index (χ2n) is 25.8. The first kappa shape index (κ1) is 95.3. The van der Waals surface area contributed by atoms with Crippen LogP contribution in [0, 0.1) is 0 Å². The van der Waals surface area contributed by atoms with Crippen molar-refractivity contribution in [3.63, 3.8) is 0 Å². The molecule has 0 saturated heterocycles. The lowest BCUT2D eigenvalue weighted by molar-refractivity contribution is -0.161. The number of allylic oxidation sites excluding steroid dienone is 36. The van der Waals surface area contributed by atoms with E-state index < -0.39 is 32.5 Å². The van der Waals surface area contributed by atoms with Crippen molar-refractivity contribution in [2.75, 3.05) is 26.4 Å². The topological polar surface area (TPSA) is 134 Å². The molecule has 0 bridgehead atoms. The Morgan fingerprint density at radius 2 is 0.515 bits per heavy atom. The lowest BCUT2D eigenvalue weighted by atomic mass is 10.0. The van der Waals surface area contributed by atoms with Crippen LogP contribution >= 0.6 is 7.82 Å². The number of esters is 2. The van der Waals surface area contributed by atoms with Gasteiger partial charge in [-0.2, -0.15) is 0 Å². The van der Waals surface area contributed by atoms with Crippen LogP contribution < -0.4 is 5.73 Å². The zero-order chi connectivity index (χ0) is 72.9. The van der Waals surface area contributed by atoms with Crippen LogP contribution in [-0.2, 0) is 32.7 Å². The summed E-state index contributed by atoms with van der Waals surface area (Å²) in [5.74, 6) is -0.856. The zero-order valence-corrected chi connectivity index (χ0v) is 64.9. The van der Waals surface area contributed by atoms with Gasteiger partial charge < -0.3 is 20.1 Å². The second kappa shape index (κ2) is 83.3. The van der Waals surface area contributed by atoms with Gasteiger partial charge in [-0.05, 0) is 154 Å². The van der Waals surface area contributed by atoms with Gasteiger partial charge in [-0.1, -0.05) is 361 Å². The van der Waals surface area contributed by atoms with E-state index in [1.54, 1.807) is 0 Å². The molecule has 0 radical (unpaired) electrons. The number of carbonyl (C=O) groups is 2. The third kappa shape index (κ3) is 83.2. The van der Waals surface area contributed by atoms with Gasteiger partial charge in [0.25, 0.3) is 0 Å². The van der Waals surface area contributed by atoms with E-state index in [1.807, 2.05) is 0 Å². The molecule has 0 saturated carbocycles. The van der Waals surface area contributed by atoms with Crippen molar-refractivity contribution in [3.8, 4) is 0 Å². The number of unbranched alkanes of at least 4 members (excludes halogenated alkanes) is 24. The Labute approximate surface area is 620 Å². The molecule has 0 fully saturated rings. The first-order chi connectivity index (χ1) is 49.8. The third-order valence-corrected chi connectivity index (χ3v) is 17.3. The summed E-state index contributed by atoms with van der Waals surface area (Å²) >= 11 is 0. The highest BCUT2D eigenvalue weighted by Crippen LogP contribution is 2.43. The Hall–Kier alpha value is -5.67. The van der Waals surface area contributed by atoms with Crippen LogP contribution in [0.4, 0.5) is 0 Å². The molecule has 0 amide bonds. The lowest BCUT2D eigenvalue weighted by Gasteiger charge is -2.19. The summed E-state index contributed by atoms with van der Waals surface area (Å²) in [6, 6.07) is 0. The maximum absolute atomic E-state index is 12.8. The molecule has 0 spiro atoms. The SMILES string of the molecule is CC/C=C\C/C=C\C/C=C\C/C=C\C/C=C\C/C=C\C/C=C\C/C=C\C/C=C\C/C=C\C/C=C\CCCCCCCC(=O)OC(COC(=O)CCCCCCCCCCCCCCCCCCCCC/C=C\C/C=C\C/C=C\C/C=C\C/C=C\C/C=C\C/C=C\CC)COP(=O)(O)OCCN. The molecule has 568 valence electrons. The Balaban J connectivity index is 3.93. The van der Waals surface area contributed by atoms with E-state index in [-0.39, 0.29) is 32.6 Å². The minimum atomic E-state index is -4.42. The molecule has 0 aliphatic heterocycles. The minimum absolute atomic E-state index is 0.0408. The predicted molar refractivity (Wildman–Crippen MR) is 440 cm³/mol. The molecule has 0 heterocycles. The average Bonchev–Trinajstić information content (AvgIpc) is 1.01. The van der Waals surface area contributed by atoms with Gasteiger partial charge in [-0.25, -0.2) is 4.57 Å². The standard InChI is InChI=1S/C91H146NO8P/c1-3-5-7-9-11-13-15-17-19-21-23-25-27-29-31-33-35-37-39-41-43-44-46-47-49-51-53-55-57-59-61-63-65-67-69-71-73-75-77-79-81-83-90(93)97-87-89(88-99-101(95,96)98-86-85-92)100-91(94)84-82-80-78-76-74-72-70-68-66-64-62-60-58-56-54-52-50-48-45-42-40-38-36-34-32-30-28-26-24-22-20-18-16-14-12-10-8-6-4-2/h5-8,11-14,17-20,23-26,29-32,35-38,41-43,45,50,52,56,58,62,64,68,70,89H,3-4,9-10,15-16,21-22,27-28,33-34,39-40,44,46-49,51,53-55,57,59-61,63,65-67,69,71-88,92H2,1-2H3,(H,95,96)/b7-5-,8-6-,13-11-,14-12-,19-17-,20-18-,25-23-,26-24-,31-29-,32-30-,37-35-,38-36-,43-41-,45-42-,52-50-,58-56-,64-62-,70-68-. The van der Waals surface area contributed by atoms with Crippen molar-refractivity contribution < 1.29 is 37.6 Å². The quantitative estimate of drug-likeness (QED) is 0.0264. The molecule has 101 heavy (non-hydrogen) atoms. The molecule has 2 unspecified atom stereocenters. The third-order valence-electron chi connectivity index (χ3n) is 16.4. The Morgan fingerprint density at radius 1 is 0.297 bits per heavy atom. The van der Waals surface area contributed by atoms with Crippen molar-refractivity contribution in [1.29, 1.82) is 0 Å². The predicted octanol–water partition coefficient (Wildman–Crippen LogP) is 27.5. The highest BCUT2D eigenvalue weighted by atomic mass is 31.2. The Morgan fingerprint density at radius 3 is 0.762 bits per heavy atom. The van der Waals surface area contributed by atoms with Crippen molar-refractivity contribution in [1.82, 2.24) is 0 Å². The summed E-state index contributed by atoms with van der Waals surface area (Å²) in [5.41, 5.74) is 5.41. The number of rotatable bonds is 73. The summed E-state index contributed by atoms with van der Waals surface area (Å²) in [6.07, 6.45) is 129. The van der Waals surface area contributed by atoms with Gasteiger partial charge in [0.15, 0.2) is 6.10 Å². The van der Waals surface area contributed by atoms with Crippen LogP contribution in [0.2, 0.25) is 0 Å². The van der Waals surface area contributed by atoms with E-state index in [0.29, 0.717) is 6.42 Å². The summed E-state index contributed by atoms with van der Waals surface area (Å²) in [7, 11) is -4.42. The molecule has 0 aromatic carbocycles. The first-order valence-corrected chi connectivity index (χ1v) is 41.7. The fraction of sp³-hybridized carbons (Fsp3) is 0.582. The summed E-state index contributed by atoms with van der Waals surface area (Å²) in [4.78, 5) is 35.5. The molecule has 0 rings (SSSR count). The van der Waals surface area contributed by atoms with Crippen LogP contribution in [0.5, 0.6) is 0 Å². The maximum atomic E-state index is 12.8. The van der Waals surface area contributed by atoms with Crippen LogP contribution in [-0.4, -0.2) is 49.3 Å². The maximum Gasteiger partial charge on any atom is 0.472 e. The van der Waals surface area contributed by atoms with E-state index in [1.165, 1.54) is 109 Å². The largest absolute Gasteiger partial charge is 0.472 e. The van der Waals surface area contributed by atoms with Crippen molar-refractivity contribution in [2.45, 2.75) is 315 Å². The van der Waals surface area contributed by atoms with E-state index in [9.17, 15) is 19.0 Å². The molecule has 2 atom stereocenters. The molecular formula is C91H146NO8P. The van der Waals surface area contributed by atoms with Crippen LogP contribution in [0.25, 0.3) is 0 Å². The van der Waals surface area contributed by atoms with E-state index >= 15 is 0 Å². The van der Waals surface area contributed by atoms with Gasteiger partial charge in [-0.15, -0.1) is 0 Å². The molecule has 0 aliphatic rings. The number of hydrogen-bond acceptors (Lipinski definition) is 8. The van der Waals surface area contributed by atoms with E-state index in [0.717, 1.165) is 167 Å². The van der Waals surface area contributed by atoms with Gasteiger partial charge in [0.1, 0.15) is 6.61 Å². The normalized spacial score (nSPS) is 14.1. The number of hydrogen-bond donors (Lipinski definition) is 2. The molecule has 0 aliphatic carbocycles. The molecule has 0 aromatic heterocycles. The van der Waals surface area contributed by atoms with Gasteiger partial charge in [0.05, 0.1) is 13.2 Å². The van der Waals surface area contributed by atoms with Crippen molar-refractivity contribution >= 4 is 19.8 Å². The first-order valence-electron chi connectivity index (χ1n) is 40.2. The van der Waals surface area contributed by atoms with Gasteiger partial charge in [0.2, 0.25) is 0 Å². The minimum Gasteiger partial charge on any atom is -0.462 e. The van der Waals surface area contributed by atoms with Gasteiger partial charge in [0, 0.05) is 19.4 Å². The number of carbonyl (C=O) groups excluding carboxylic acids is 2.